The number of rotatable bonds is 4. The molecule has 0 unspecified atom stereocenters. The number of hydrogen-bond acceptors (Lipinski definition) is 1. The number of halogens is 2. The van der Waals surface area contributed by atoms with Gasteiger partial charge in [0.15, 0.2) is 0 Å². The highest BCUT2D eigenvalue weighted by molar-refractivity contribution is 6.36. The lowest BCUT2D eigenvalue weighted by Gasteiger charge is -2.10. The first kappa shape index (κ1) is 13.3. The second-order valence-corrected chi connectivity index (χ2v) is 5.07. The predicted molar refractivity (Wildman–Crippen MR) is 79.8 cm³/mol. The molecule has 0 spiro atoms. The van der Waals surface area contributed by atoms with E-state index in [1.54, 1.807) is 6.07 Å². The van der Waals surface area contributed by atoms with Crippen molar-refractivity contribution in [3.8, 4) is 0 Å². The van der Waals surface area contributed by atoms with Gasteiger partial charge in [0, 0.05) is 11.6 Å². The third kappa shape index (κ3) is 3.41. The Morgan fingerprint density at radius 1 is 1.06 bits per heavy atom. The minimum Gasteiger partial charge on any atom is -0.384 e. The van der Waals surface area contributed by atoms with Gasteiger partial charge in [-0.3, -0.25) is 0 Å². The summed E-state index contributed by atoms with van der Waals surface area (Å²) in [6.07, 6.45) is 0.978. The first-order chi connectivity index (χ1) is 8.66. The van der Waals surface area contributed by atoms with Gasteiger partial charge in [0.05, 0.1) is 10.7 Å². The summed E-state index contributed by atoms with van der Waals surface area (Å²) < 4.78 is 0. The van der Waals surface area contributed by atoms with E-state index in [0.717, 1.165) is 18.7 Å². The van der Waals surface area contributed by atoms with Crippen molar-refractivity contribution in [3.63, 3.8) is 0 Å². The highest BCUT2D eigenvalue weighted by Crippen LogP contribution is 2.25. The maximum atomic E-state index is 6.10. The van der Waals surface area contributed by atoms with E-state index in [1.807, 2.05) is 12.1 Å². The van der Waals surface area contributed by atoms with E-state index in [0.29, 0.717) is 10.0 Å². The first-order valence-electron chi connectivity index (χ1n) is 5.90. The van der Waals surface area contributed by atoms with E-state index in [9.17, 15) is 0 Å². The molecule has 2 aromatic carbocycles. The molecule has 0 aliphatic heterocycles. The minimum atomic E-state index is 0.657. The molecule has 0 saturated carbocycles. The van der Waals surface area contributed by atoms with E-state index >= 15 is 0 Å². The van der Waals surface area contributed by atoms with Crippen LogP contribution in [0.1, 0.15) is 11.1 Å². The SMILES string of the molecule is Cc1ccccc1CCNc1ccc(Cl)cc1Cl. The first-order valence-corrected chi connectivity index (χ1v) is 6.66. The second-order valence-electron chi connectivity index (χ2n) is 4.23. The van der Waals surface area contributed by atoms with Crippen molar-refractivity contribution >= 4 is 28.9 Å². The van der Waals surface area contributed by atoms with E-state index < -0.39 is 0 Å². The fourth-order valence-electron chi connectivity index (χ4n) is 1.86. The molecule has 0 atom stereocenters. The number of nitrogens with one attached hydrogen (secondary N) is 1. The summed E-state index contributed by atoms with van der Waals surface area (Å²) in [5, 5.41) is 4.64. The minimum absolute atomic E-state index is 0.657. The van der Waals surface area contributed by atoms with Crippen LogP contribution in [-0.4, -0.2) is 6.54 Å². The molecule has 0 fully saturated rings. The van der Waals surface area contributed by atoms with Crippen LogP contribution in [0.15, 0.2) is 42.5 Å². The van der Waals surface area contributed by atoms with Gasteiger partial charge in [-0.2, -0.15) is 0 Å². The summed E-state index contributed by atoms with van der Waals surface area (Å²) in [6, 6.07) is 13.9. The van der Waals surface area contributed by atoms with Crippen LogP contribution >= 0.6 is 23.2 Å². The molecule has 0 bridgehead atoms. The Morgan fingerprint density at radius 2 is 1.83 bits per heavy atom. The second kappa shape index (κ2) is 6.12. The molecule has 1 N–H and O–H groups in total. The molecule has 1 nitrogen and oxygen atoms in total. The Bertz CT molecular complexity index is 538. The molecular weight excluding hydrogens is 265 g/mol. The zero-order valence-electron chi connectivity index (χ0n) is 10.2. The van der Waals surface area contributed by atoms with Gasteiger partial charge in [-0.05, 0) is 42.7 Å². The third-order valence-corrected chi connectivity index (χ3v) is 3.45. The quantitative estimate of drug-likeness (QED) is 0.835. The maximum absolute atomic E-state index is 6.10. The Kier molecular flexibility index (Phi) is 4.51. The maximum Gasteiger partial charge on any atom is 0.0652 e. The van der Waals surface area contributed by atoms with Crippen molar-refractivity contribution in [2.45, 2.75) is 13.3 Å². The number of anilines is 1. The number of hydrogen-bond donors (Lipinski definition) is 1. The average Bonchev–Trinajstić information content (AvgIpc) is 2.34. The predicted octanol–water partition coefficient (Wildman–Crippen LogP) is 4.96. The van der Waals surface area contributed by atoms with Gasteiger partial charge in [0.2, 0.25) is 0 Å². The van der Waals surface area contributed by atoms with Gasteiger partial charge in [-0.15, -0.1) is 0 Å². The molecule has 0 saturated heterocycles. The van der Waals surface area contributed by atoms with Gasteiger partial charge >= 0.3 is 0 Å². The molecule has 0 aliphatic carbocycles. The number of benzene rings is 2. The standard InChI is InChI=1S/C15H15Cl2N/c1-11-4-2-3-5-12(11)8-9-18-15-7-6-13(16)10-14(15)17/h2-7,10,18H,8-9H2,1H3. The van der Waals surface area contributed by atoms with Gasteiger partial charge in [-0.25, -0.2) is 0 Å². The van der Waals surface area contributed by atoms with E-state index in [4.69, 9.17) is 23.2 Å². The van der Waals surface area contributed by atoms with Crippen LogP contribution in [0.5, 0.6) is 0 Å². The van der Waals surface area contributed by atoms with Gasteiger partial charge in [0.1, 0.15) is 0 Å². The zero-order chi connectivity index (χ0) is 13.0. The average molecular weight is 280 g/mol. The van der Waals surface area contributed by atoms with Gasteiger partial charge < -0.3 is 5.32 Å². The fraction of sp³-hybridized carbons (Fsp3) is 0.200. The zero-order valence-corrected chi connectivity index (χ0v) is 11.7. The molecule has 2 aromatic rings. The molecular formula is C15H15Cl2N. The summed E-state index contributed by atoms with van der Waals surface area (Å²) in [6.45, 7) is 2.98. The van der Waals surface area contributed by atoms with E-state index in [-0.39, 0.29) is 0 Å². The summed E-state index contributed by atoms with van der Waals surface area (Å²) in [7, 11) is 0. The molecule has 18 heavy (non-hydrogen) atoms. The molecule has 0 aromatic heterocycles. The lowest BCUT2D eigenvalue weighted by molar-refractivity contribution is 1.01. The topological polar surface area (TPSA) is 12.0 Å². The monoisotopic (exact) mass is 279 g/mol. The van der Waals surface area contributed by atoms with Crippen molar-refractivity contribution < 1.29 is 0 Å². The lowest BCUT2D eigenvalue weighted by atomic mass is 10.1. The highest BCUT2D eigenvalue weighted by atomic mass is 35.5. The van der Waals surface area contributed by atoms with Crippen LogP contribution in [0.2, 0.25) is 10.0 Å². The Hall–Kier alpha value is -1.18. The van der Waals surface area contributed by atoms with Crippen molar-refractivity contribution in [3.05, 3.63) is 63.6 Å². The van der Waals surface area contributed by atoms with Crippen molar-refractivity contribution in [1.29, 1.82) is 0 Å². The smallest absolute Gasteiger partial charge is 0.0652 e. The van der Waals surface area contributed by atoms with Crippen LogP contribution in [0.3, 0.4) is 0 Å². The molecule has 0 amide bonds. The van der Waals surface area contributed by atoms with Crippen molar-refractivity contribution in [2.75, 3.05) is 11.9 Å². The molecule has 0 aliphatic rings. The largest absolute Gasteiger partial charge is 0.384 e. The van der Waals surface area contributed by atoms with Crippen LogP contribution < -0.4 is 5.32 Å². The van der Waals surface area contributed by atoms with Crippen LogP contribution in [0.25, 0.3) is 0 Å². The van der Waals surface area contributed by atoms with Gasteiger partial charge in [0.25, 0.3) is 0 Å². The molecule has 0 heterocycles. The number of aryl methyl sites for hydroxylation is 1. The summed E-state index contributed by atoms with van der Waals surface area (Å²) in [5.74, 6) is 0. The fourth-order valence-corrected chi connectivity index (χ4v) is 2.33. The third-order valence-electron chi connectivity index (χ3n) is 2.90. The van der Waals surface area contributed by atoms with Crippen molar-refractivity contribution in [2.24, 2.45) is 0 Å². The van der Waals surface area contributed by atoms with Crippen LogP contribution in [0.4, 0.5) is 5.69 Å². The van der Waals surface area contributed by atoms with Gasteiger partial charge in [-0.1, -0.05) is 47.5 Å². The molecule has 0 radical (unpaired) electrons. The van der Waals surface area contributed by atoms with E-state index in [2.05, 4.69) is 36.5 Å². The summed E-state index contributed by atoms with van der Waals surface area (Å²) in [5.41, 5.74) is 3.60. The normalized spacial score (nSPS) is 10.4. The Balaban J connectivity index is 1.95. The molecule has 94 valence electrons. The summed E-state index contributed by atoms with van der Waals surface area (Å²) >= 11 is 12.0. The Morgan fingerprint density at radius 3 is 2.56 bits per heavy atom. The van der Waals surface area contributed by atoms with Crippen LogP contribution in [-0.2, 0) is 6.42 Å². The highest BCUT2D eigenvalue weighted by Gasteiger charge is 2.01. The summed E-state index contributed by atoms with van der Waals surface area (Å²) in [4.78, 5) is 0. The van der Waals surface area contributed by atoms with E-state index in [1.165, 1.54) is 11.1 Å². The molecule has 2 rings (SSSR count). The Labute approximate surface area is 118 Å². The lowest BCUT2D eigenvalue weighted by Crippen LogP contribution is -2.06. The van der Waals surface area contributed by atoms with Crippen LogP contribution in [0, 0.1) is 6.92 Å². The molecule has 3 heteroatoms. The van der Waals surface area contributed by atoms with Crippen molar-refractivity contribution in [1.82, 2.24) is 0 Å².